The molecule has 0 aromatic heterocycles. The molecule has 2 aromatic carbocycles. The second-order valence-corrected chi connectivity index (χ2v) is 3.52. The van der Waals surface area contributed by atoms with E-state index in [9.17, 15) is 4.39 Å². The lowest BCUT2D eigenvalue weighted by Gasteiger charge is -2.02. The number of hydrogen-bond acceptors (Lipinski definition) is 0. The first-order chi connectivity index (χ1) is 6.75. The minimum Gasteiger partial charge on any atom is -0.206 e. The lowest BCUT2D eigenvalue weighted by Crippen LogP contribution is -1.83. The fourth-order valence-electron chi connectivity index (χ4n) is 1.83. The van der Waals surface area contributed by atoms with Gasteiger partial charge in [-0.25, -0.2) is 4.39 Å². The quantitative estimate of drug-likeness (QED) is 0.500. The van der Waals surface area contributed by atoms with Crippen LogP contribution in [-0.2, 0) is 0 Å². The van der Waals surface area contributed by atoms with Crippen LogP contribution in [-0.4, -0.2) is 0 Å². The van der Waals surface area contributed by atoms with Crippen LogP contribution in [0.2, 0.25) is 0 Å². The van der Waals surface area contributed by atoms with Gasteiger partial charge in [-0.2, -0.15) is 0 Å². The Morgan fingerprint density at radius 2 is 2.14 bits per heavy atom. The molecule has 0 saturated carbocycles. The highest BCUT2D eigenvalue weighted by molar-refractivity contribution is 5.80. The van der Waals surface area contributed by atoms with Gasteiger partial charge < -0.3 is 0 Å². The summed E-state index contributed by atoms with van der Waals surface area (Å²) in [5.41, 5.74) is 4.20. The summed E-state index contributed by atoms with van der Waals surface area (Å²) in [6.45, 7) is 1.92. The van der Waals surface area contributed by atoms with Crippen molar-refractivity contribution in [2.45, 2.75) is 6.92 Å². The Labute approximate surface area is 82.0 Å². The maximum atomic E-state index is 13.6. The summed E-state index contributed by atoms with van der Waals surface area (Å²) in [7, 11) is 0. The molecule has 0 aliphatic heterocycles. The van der Waals surface area contributed by atoms with Gasteiger partial charge in [-0.15, -0.1) is 0 Å². The van der Waals surface area contributed by atoms with Crippen molar-refractivity contribution in [2.24, 2.45) is 0 Å². The molecule has 0 spiro atoms. The van der Waals surface area contributed by atoms with Crippen molar-refractivity contribution in [2.75, 3.05) is 0 Å². The highest BCUT2D eigenvalue weighted by Gasteiger charge is 2.15. The molecule has 1 heteroatoms. The number of halogens is 1. The maximum absolute atomic E-state index is 13.6. The van der Waals surface area contributed by atoms with Crippen molar-refractivity contribution in [1.82, 2.24) is 0 Å². The molecule has 0 unspecified atom stereocenters. The lowest BCUT2D eigenvalue weighted by molar-refractivity contribution is 0.632. The molecule has 2 aromatic rings. The van der Waals surface area contributed by atoms with Gasteiger partial charge in [0, 0.05) is 5.56 Å². The van der Waals surface area contributed by atoms with Crippen LogP contribution < -0.4 is 0 Å². The maximum Gasteiger partial charge on any atom is 0.131 e. The van der Waals surface area contributed by atoms with Crippen LogP contribution in [0.5, 0.6) is 0 Å². The van der Waals surface area contributed by atoms with E-state index in [1.807, 2.05) is 25.1 Å². The summed E-state index contributed by atoms with van der Waals surface area (Å²) in [4.78, 5) is 0. The normalized spacial score (nSPS) is 11.6. The van der Waals surface area contributed by atoms with Gasteiger partial charge in [0.15, 0.2) is 0 Å². The largest absolute Gasteiger partial charge is 0.206 e. The smallest absolute Gasteiger partial charge is 0.131 e. The van der Waals surface area contributed by atoms with Gasteiger partial charge in [-0.1, -0.05) is 12.1 Å². The molecule has 0 fully saturated rings. The van der Waals surface area contributed by atoms with E-state index in [0.717, 1.165) is 22.3 Å². The van der Waals surface area contributed by atoms with Gasteiger partial charge in [0.25, 0.3) is 0 Å². The molecule has 2 radical (unpaired) electrons. The van der Waals surface area contributed by atoms with Crippen LogP contribution in [0.3, 0.4) is 0 Å². The number of aryl methyl sites for hydroxylation is 1. The molecule has 0 amide bonds. The van der Waals surface area contributed by atoms with Crippen molar-refractivity contribution < 1.29 is 4.39 Å². The second kappa shape index (κ2) is 2.44. The van der Waals surface area contributed by atoms with Gasteiger partial charge in [-0.05, 0) is 53.4 Å². The molecule has 66 valence electrons. The molecular weight excluding hydrogens is 175 g/mol. The Balaban J connectivity index is 2.52. The minimum atomic E-state index is -0.170. The fourth-order valence-corrected chi connectivity index (χ4v) is 1.83. The number of hydrogen-bond donors (Lipinski definition) is 0. The average Bonchev–Trinajstić information content (AvgIpc) is 2.38. The van der Waals surface area contributed by atoms with Crippen molar-refractivity contribution >= 4 is 0 Å². The zero-order valence-electron chi connectivity index (χ0n) is 7.69. The van der Waals surface area contributed by atoms with Crippen molar-refractivity contribution in [3.8, 4) is 22.3 Å². The van der Waals surface area contributed by atoms with E-state index in [2.05, 4.69) is 12.1 Å². The molecule has 0 saturated heterocycles. The topological polar surface area (TPSA) is 0 Å². The molecule has 4 bridgehead atoms. The predicted molar refractivity (Wildman–Crippen MR) is 53.2 cm³/mol. The van der Waals surface area contributed by atoms with Gasteiger partial charge in [0.05, 0.1) is 0 Å². The van der Waals surface area contributed by atoms with Crippen LogP contribution in [0.1, 0.15) is 5.56 Å². The molecule has 2 aliphatic carbocycles. The van der Waals surface area contributed by atoms with E-state index in [4.69, 9.17) is 0 Å². The number of benzene rings is 2. The van der Waals surface area contributed by atoms with Gasteiger partial charge in [-0.3, -0.25) is 0 Å². The molecule has 0 heterocycles. The Bertz CT molecular complexity index is 527. The van der Waals surface area contributed by atoms with E-state index in [-0.39, 0.29) is 5.82 Å². The molecule has 0 N–H and O–H groups in total. The summed E-state index contributed by atoms with van der Waals surface area (Å²) in [5, 5.41) is 0. The van der Waals surface area contributed by atoms with Gasteiger partial charge in [0.1, 0.15) is 5.82 Å². The average molecular weight is 182 g/mol. The minimum absolute atomic E-state index is 0.170. The van der Waals surface area contributed by atoms with Crippen molar-refractivity contribution in [3.63, 3.8) is 0 Å². The lowest BCUT2D eigenvalue weighted by atomic mass is 10.0. The summed E-state index contributed by atoms with van der Waals surface area (Å²) in [5.74, 6) is -0.170. The SMILES string of the molecule is Cc1[c]cc2[c]c1-c1ccc-2cc1F. The van der Waals surface area contributed by atoms with E-state index in [0.29, 0.717) is 5.56 Å². The molecule has 0 nitrogen and oxygen atoms in total. The van der Waals surface area contributed by atoms with Crippen LogP contribution in [0.25, 0.3) is 22.3 Å². The predicted octanol–water partition coefficient (Wildman–Crippen LogP) is 3.38. The van der Waals surface area contributed by atoms with Crippen LogP contribution >= 0.6 is 0 Å². The third-order valence-corrected chi connectivity index (χ3v) is 2.62. The first-order valence-corrected chi connectivity index (χ1v) is 4.50. The second-order valence-electron chi connectivity index (χ2n) is 3.52. The summed E-state index contributed by atoms with van der Waals surface area (Å²) in [6, 6.07) is 13.5. The van der Waals surface area contributed by atoms with E-state index in [1.54, 1.807) is 6.07 Å². The van der Waals surface area contributed by atoms with Crippen LogP contribution in [0, 0.1) is 24.9 Å². The monoisotopic (exact) mass is 182 g/mol. The molecule has 0 atom stereocenters. The van der Waals surface area contributed by atoms with Crippen LogP contribution in [0.15, 0.2) is 24.3 Å². The zero-order chi connectivity index (χ0) is 9.71. The van der Waals surface area contributed by atoms with Gasteiger partial charge >= 0.3 is 0 Å². The van der Waals surface area contributed by atoms with E-state index >= 15 is 0 Å². The summed E-state index contributed by atoms with van der Waals surface area (Å²) < 4.78 is 13.6. The zero-order valence-corrected chi connectivity index (χ0v) is 7.69. The molecule has 14 heavy (non-hydrogen) atoms. The Morgan fingerprint density at radius 3 is 2.93 bits per heavy atom. The van der Waals surface area contributed by atoms with E-state index in [1.165, 1.54) is 0 Å². The number of fused-ring (bicyclic) bond motifs is 2. The van der Waals surface area contributed by atoms with Crippen molar-refractivity contribution in [3.05, 3.63) is 47.8 Å². The Hall–Kier alpha value is -1.63. The highest BCUT2D eigenvalue weighted by Crippen LogP contribution is 2.35. The standard InChI is InChI=1S/C13H7F/c1-8-2-3-9-6-12(8)11-5-4-10(9)7-13(11)14/h3-5,7H,1H3. The van der Waals surface area contributed by atoms with E-state index < -0.39 is 0 Å². The third kappa shape index (κ3) is 0.869. The molecular formula is C13H7F. The molecule has 4 rings (SSSR count). The fraction of sp³-hybridized carbons (Fsp3) is 0.0769. The Kier molecular flexibility index (Phi) is 1.35. The first-order valence-electron chi connectivity index (χ1n) is 4.50. The highest BCUT2D eigenvalue weighted by atomic mass is 19.1. The first kappa shape index (κ1) is 7.74. The molecule has 2 aliphatic rings. The van der Waals surface area contributed by atoms with Gasteiger partial charge in [0.2, 0.25) is 0 Å². The third-order valence-electron chi connectivity index (χ3n) is 2.62. The number of rotatable bonds is 0. The Morgan fingerprint density at radius 1 is 1.29 bits per heavy atom. The van der Waals surface area contributed by atoms with Crippen molar-refractivity contribution in [1.29, 1.82) is 0 Å². The van der Waals surface area contributed by atoms with Crippen LogP contribution in [0.4, 0.5) is 4.39 Å². The summed E-state index contributed by atoms with van der Waals surface area (Å²) in [6.07, 6.45) is 0. The summed E-state index contributed by atoms with van der Waals surface area (Å²) >= 11 is 0.